The highest BCUT2D eigenvalue weighted by Gasteiger charge is 2.21. The lowest BCUT2D eigenvalue weighted by Gasteiger charge is -2.15. The lowest BCUT2D eigenvalue weighted by Crippen LogP contribution is -2.08. The number of aromatic nitrogens is 4. The molecule has 0 bridgehead atoms. The van der Waals surface area contributed by atoms with Crippen molar-refractivity contribution in [2.45, 2.75) is 18.9 Å². The van der Waals surface area contributed by atoms with E-state index in [2.05, 4.69) is 51.8 Å². The largest absolute Gasteiger partial charge is 0.363 e. The Balaban J connectivity index is 1.44. The molecule has 0 spiro atoms. The maximum atomic E-state index is 4.78. The lowest BCUT2D eigenvalue weighted by atomic mass is 10.1. The molecule has 5 heteroatoms. The number of nitrogens with zero attached hydrogens (tertiary/aromatic N) is 4. The van der Waals surface area contributed by atoms with Crippen molar-refractivity contribution < 1.29 is 0 Å². The highest BCUT2D eigenvalue weighted by atomic mass is 15.3. The molecule has 1 atom stereocenters. The fourth-order valence-corrected chi connectivity index (χ4v) is 3.56. The van der Waals surface area contributed by atoms with Gasteiger partial charge in [-0.15, -0.1) is 0 Å². The summed E-state index contributed by atoms with van der Waals surface area (Å²) in [4.78, 5) is 8.77. The minimum absolute atomic E-state index is 0.343. The van der Waals surface area contributed by atoms with E-state index in [1.54, 1.807) is 11.0 Å². The first kappa shape index (κ1) is 14.2. The zero-order valence-electron chi connectivity index (χ0n) is 13.6. The second-order valence-corrected chi connectivity index (χ2v) is 6.35. The van der Waals surface area contributed by atoms with E-state index in [-0.39, 0.29) is 0 Å². The van der Waals surface area contributed by atoms with Crippen LogP contribution in [0.2, 0.25) is 0 Å². The van der Waals surface area contributed by atoms with E-state index in [0.29, 0.717) is 6.04 Å². The first-order valence-electron chi connectivity index (χ1n) is 8.47. The van der Waals surface area contributed by atoms with Gasteiger partial charge in [0.05, 0.1) is 17.2 Å². The highest BCUT2D eigenvalue weighted by Crippen LogP contribution is 2.33. The summed E-state index contributed by atoms with van der Waals surface area (Å²) in [5.41, 5.74) is 4.79. The number of nitrogens with one attached hydrogen (secondary N) is 1. The highest BCUT2D eigenvalue weighted by molar-refractivity contribution is 5.82. The van der Waals surface area contributed by atoms with E-state index < -0.39 is 0 Å². The zero-order valence-corrected chi connectivity index (χ0v) is 13.6. The number of hydrogen-bond donors (Lipinski definition) is 1. The molecule has 0 saturated heterocycles. The van der Waals surface area contributed by atoms with Crippen LogP contribution >= 0.6 is 0 Å². The second-order valence-electron chi connectivity index (χ2n) is 6.35. The minimum atomic E-state index is 0.343. The van der Waals surface area contributed by atoms with Crippen molar-refractivity contribution >= 4 is 16.7 Å². The fraction of sp³-hybridized carbons (Fsp3) is 0.150. The predicted octanol–water partition coefficient (Wildman–Crippen LogP) is 3.91. The van der Waals surface area contributed by atoms with E-state index in [9.17, 15) is 0 Å². The molecule has 1 aliphatic rings. The second kappa shape index (κ2) is 5.70. The molecule has 0 amide bonds. The molecule has 0 aliphatic heterocycles. The van der Waals surface area contributed by atoms with E-state index in [1.165, 1.54) is 17.5 Å². The van der Waals surface area contributed by atoms with Crippen LogP contribution in [0.5, 0.6) is 0 Å². The molecule has 2 aromatic heterocycles. The fourth-order valence-electron chi connectivity index (χ4n) is 3.56. The number of hydrogen-bond acceptors (Lipinski definition) is 4. The van der Waals surface area contributed by atoms with Gasteiger partial charge in [-0.1, -0.05) is 24.3 Å². The Bertz CT molecular complexity index is 1040. The van der Waals surface area contributed by atoms with Crippen LogP contribution in [0.25, 0.3) is 16.6 Å². The van der Waals surface area contributed by atoms with Crippen LogP contribution in [0.1, 0.15) is 23.6 Å². The molecular formula is C20H17N5. The maximum Gasteiger partial charge on any atom is 0.138 e. The summed E-state index contributed by atoms with van der Waals surface area (Å²) in [5, 5.41) is 8.85. The van der Waals surface area contributed by atoms with Crippen molar-refractivity contribution in [1.82, 2.24) is 19.7 Å². The Hall–Kier alpha value is -3.21. The van der Waals surface area contributed by atoms with Gasteiger partial charge in [0.2, 0.25) is 0 Å². The van der Waals surface area contributed by atoms with Gasteiger partial charge in [0.15, 0.2) is 0 Å². The molecule has 1 N–H and O–H groups in total. The van der Waals surface area contributed by atoms with Crippen molar-refractivity contribution in [1.29, 1.82) is 0 Å². The minimum Gasteiger partial charge on any atom is -0.363 e. The van der Waals surface area contributed by atoms with E-state index >= 15 is 0 Å². The first-order chi connectivity index (χ1) is 12.4. The molecule has 0 radical (unpaired) electrons. The Morgan fingerprint density at radius 3 is 2.92 bits per heavy atom. The average Bonchev–Trinajstić information content (AvgIpc) is 3.32. The Kier molecular flexibility index (Phi) is 3.23. The van der Waals surface area contributed by atoms with Gasteiger partial charge in [-0.2, -0.15) is 5.10 Å². The van der Waals surface area contributed by atoms with Crippen molar-refractivity contribution in [2.24, 2.45) is 0 Å². The van der Waals surface area contributed by atoms with E-state index in [4.69, 9.17) is 4.98 Å². The number of aryl methyl sites for hydroxylation is 1. The maximum absolute atomic E-state index is 4.78. The van der Waals surface area contributed by atoms with Crippen LogP contribution in [0.15, 0.2) is 67.3 Å². The molecular weight excluding hydrogens is 310 g/mol. The van der Waals surface area contributed by atoms with E-state index in [1.807, 2.05) is 18.2 Å². The van der Waals surface area contributed by atoms with E-state index in [0.717, 1.165) is 35.2 Å². The van der Waals surface area contributed by atoms with Crippen molar-refractivity contribution in [3.8, 4) is 5.69 Å². The smallest absolute Gasteiger partial charge is 0.138 e. The Morgan fingerprint density at radius 1 is 1.04 bits per heavy atom. The van der Waals surface area contributed by atoms with Crippen molar-refractivity contribution in [2.75, 3.05) is 5.32 Å². The third-order valence-electron chi connectivity index (χ3n) is 4.81. The summed E-state index contributed by atoms with van der Waals surface area (Å²) < 4.78 is 1.75. The van der Waals surface area contributed by atoms with Gasteiger partial charge in [0.1, 0.15) is 18.5 Å². The first-order valence-corrected chi connectivity index (χ1v) is 8.47. The zero-order chi connectivity index (χ0) is 16.6. The molecule has 0 fully saturated rings. The molecule has 2 aromatic carbocycles. The Morgan fingerprint density at radius 2 is 2.00 bits per heavy atom. The van der Waals surface area contributed by atoms with Crippen LogP contribution in [-0.4, -0.2) is 19.7 Å². The predicted molar refractivity (Wildman–Crippen MR) is 97.8 cm³/mol. The van der Waals surface area contributed by atoms with Crippen LogP contribution in [0.3, 0.4) is 0 Å². The van der Waals surface area contributed by atoms with Gasteiger partial charge in [-0.3, -0.25) is 0 Å². The molecule has 4 aromatic rings. The molecule has 122 valence electrons. The molecule has 1 aliphatic carbocycles. The van der Waals surface area contributed by atoms with Gasteiger partial charge < -0.3 is 5.32 Å². The SMILES string of the molecule is c1ccc2c(c1)CCC2Nc1ccc2cc(-n3cncn3)ccc2n1. The summed E-state index contributed by atoms with van der Waals surface area (Å²) in [7, 11) is 0. The number of pyridine rings is 1. The number of rotatable bonds is 3. The summed E-state index contributed by atoms with van der Waals surface area (Å²) >= 11 is 0. The molecule has 1 unspecified atom stereocenters. The van der Waals surface area contributed by atoms with Crippen LogP contribution in [0, 0.1) is 0 Å². The topological polar surface area (TPSA) is 55.6 Å². The summed E-state index contributed by atoms with van der Waals surface area (Å²) in [6.07, 6.45) is 5.48. The van der Waals surface area contributed by atoms with Gasteiger partial charge in [-0.25, -0.2) is 14.6 Å². The van der Waals surface area contributed by atoms with Crippen LogP contribution < -0.4 is 5.32 Å². The van der Waals surface area contributed by atoms with Gasteiger partial charge in [0, 0.05) is 5.39 Å². The average molecular weight is 327 g/mol. The third kappa shape index (κ3) is 2.54. The molecule has 5 rings (SSSR count). The number of anilines is 1. The van der Waals surface area contributed by atoms with Crippen LogP contribution in [0.4, 0.5) is 5.82 Å². The standard InChI is InChI=1S/C20H17N5/c1-2-4-17-14(3-1)5-8-19(17)24-20-10-6-15-11-16(7-9-18(15)23-20)25-13-21-12-22-25/h1-4,6-7,9-13,19H,5,8H2,(H,23,24). The molecule has 25 heavy (non-hydrogen) atoms. The van der Waals surface area contributed by atoms with Crippen LogP contribution in [-0.2, 0) is 6.42 Å². The summed E-state index contributed by atoms with van der Waals surface area (Å²) in [6, 6.07) is 19.3. The summed E-state index contributed by atoms with van der Waals surface area (Å²) in [5.74, 6) is 0.919. The summed E-state index contributed by atoms with van der Waals surface area (Å²) in [6.45, 7) is 0. The molecule has 0 saturated carbocycles. The quantitative estimate of drug-likeness (QED) is 0.620. The third-order valence-corrected chi connectivity index (χ3v) is 4.81. The van der Waals surface area contributed by atoms with Crippen molar-refractivity contribution in [3.05, 3.63) is 78.4 Å². The molecule has 2 heterocycles. The van der Waals surface area contributed by atoms with Gasteiger partial charge in [0.25, 0.3) is 0 Å². The van der Waals surface area contributed by atoms with Gasteiger partial charge >= 0.3 is 0 Å². The Labute approximate surface area is 145 Å². The lowest BCUT2D eigenvalue weighted by molar-refractivity contribution is 0.758. The number of fused-ring (bicyclic) bond motifs is 2. The molecule has 5 nitrogen and oxygen atoms in total. The van der Waals surface area contributed by atoms with Crippen molar-refractivity contribution in [3.63, 3.8) is 0 Å². The monoisotopic (exact) mass is 327 g/mol. The normalized spacial score (nSPS) is 16.1. The number of benzene rings is 2. The van der Waals surface area contributed by atoms with Gasteiger partial charge in [-0.05, 0) is 54.3 Å².